The van der Waals surface area contributed by atoms with Crippen LogP contribution in [0.25, 0.3) is 0 Å². The summed E-state index contributed by atoms with van der Waals surface area (Å²) in [4.78, 5) is 11.2. The standard InChI is InChI=1S/C14H10BrFO3/c1-8-7-9(16)5-6-11(8)19-12-4-2-3-10(15)13(12)14(17)18/h2-7H,1H3,(H,17,18). The van der Waals surface area contributed by atoms with Crippen molar-refractivity contribution in [3.63, 3.8) is 0 Å². The van der Waals surface area contributed by atoms with Crippen LogP contribution in [0.5, 0.6) is 11.5 Å². The van der Waals surface area contributed by atoms with Gasteiger partial charge in [-0.3, -0.25) is 0 Å². The van der Waals surface area contributed by atoms with Gasteiger partial charge in [0, 0.05) is 4.47 Å². The highest BCUT2D eigenvalue weighted by atomic mass is 79.9. The van der Waals surface area contributed by atoms with Gasteiger partial charge in [-0.25, -0.2) is 9.18 Å². The van der Waals surface area contributed by atoms with Crippen molar-refractivity contribution < 1.29 is 19.0 Å². The molecule has 2 aromatic carbocycles. The van der Waals surface area contributed by atoms with Crippen LogP contribution in [-0.2, 0) is 0 Å². The Morgan fingerprint density at radius 1 is 1.26 bits per heavy atom. The molecule has 0 aliphatic carbocycles. The molecule has 0 radical (unpaired) electrons. The Morgan fingerprint density at radius 3 is 2.63 bits per heavy atom. The maximum atomic E-state index is 13.0. The van der Waals surface area contributed by atoms with Crippen molar-refractivity contribution in [1.29, 1.82) is 0 Å². The van der Waals surface area contributed by atoms with E-state index in [4.69, 9.17) is 9.84 Å². The number of ether oxygens (including phenoxy) is 1. The zero-order valence-corrected chi connectivity index (χ0v) is 11.6. The minimum Gasteiger partial charge on any atom is -0.478 e. The first kappa shape index (κ1) is 13.5. The molecule has 2 rings (SSSR count). The predicted octanol–water partition coefficient (Wildman–Crippen LogP) is 4.39. The Bertz CT molecular complexity index is 641. The molecule has 3 nitrogen and oxygen atoms in total. The van der Waals surface area contributed by atoms with Crippen molar-refractivity contribution in [1.82, 2.24) is 0 Å². The van der Waals surface area contributed by atoms with Crippen LogP contribution in [0.3, 0.4) is 0 Å². The van der Waals surface area contributed by atoms with Crippen LogP contribution in [0.1, 0.15) is 15.9 Å². The lowest BCUT2D eigenvalue weighted by atomic mass is 10.2. The molecule has 0 fully saturated rings. The maximum absolute atomic E-state index is 13.0. The fourth-order valence-corrected chi connectivity index (χ4v) is 2.16. The van der Waals surface area contributed by atoms with Crippen molar-refractivity contribution in [3.8, 4) is 11.5 Å². The van der Waals surface area contributed by atoms with E-state index in [0.29, 0.717) is 15.8 Å². The second-order valence-corrected chi connectivity index (χ2v) is 4.78. The molecule has 0 aromatic heterocycles. The van der Waals surface area contributed by atoms with Crippen molar-refractivity contribution >= 4 is 21.9 Å². The topological polar surface area (TPSA) is 46.5 Å². The summed E-state index contributed by atoms with van der Waals surface area (Å²) >= 11 is 3.17. The SMILES string of the molecule is Cc1cc(F)ccc1Oc1cccc(Br)c1C(=O)O. The molecule has 19 heavy (non-hydrogen) atoms. The summed E-state index contributed by atoms with van der Waals surface area (Å²) in [5, 5.41) is 9.17. The first-order chi connectivity index (χ1) is 8.99. The van der Waals surface area contributed by atoms with E-state index in [2.05, 4.69) is 15.9 Å². The average molecular weight is 325 g/mol. The number of benzene rings is 2. The van der Waals surface area contributed by atoms with E-state index in [9.17, 15) is 9.18 Å². The molecule has 0 spiro atoms. The Balaban J connectivity index is 2.44. The van der Waals surface area contributed by atoms with Gasteiger partial charge in [-0.15, -0.1) is 0 Å². The highest BCUT2D eigenvalue weighted by Crippen LogP contribution is 2.32. The number of carbonyl (C=O) groups is 1. The molecule has 1 N–H and O–H groups in total. The van der Waals surface area contributed by atoms with Crippen molar-refractivity contribution in [3.05, 3.63) is 57.8 Å². The fourth-order valence-electron chi connectivity index (χ4n) is 1.64. The van der Waals surface area contributed by atoms with Gasteiger partial charge in [0.1, 0.15) is 22.9 Å². The third kappa shape index (κ3) is 2.93. The van der Waals surface area contributed by atoms with Gasteiger partial charge in [0.15, 0.2) is 0 Å². The third-order valence-electron chi connectivity index (χ3n) is 2.55. The second kappa shape index (κ2) is 5.40. The number of carboxylic acids is 1. The Morgan fingerprint density at radius 2 is 2.00 bits per heavy atom. The fraction of sp³-hybridized carbons (Fsp3) is 0.0714. The molecule has 0 amide bonds. The van der Waals surface area contributed by atoms with E-state index in [1.54, 1.807) is 25.1 Å². The number of aryl methyl sites for hydroxylation is 1. The number of hydrogen-bond acceptors (Lipinski definition) is 2. The number of carboxylic acid groups (broad SMARTS) is 1. The van der Waals surface area contributed by atoms with Gasteiger partial charge in [-0.2, -0.15) is 0 Å². The van der Waals surface area contributed by atoms with E-state index in [0.717, 1.165) is 0 Å². The zero-order valence-electron chi connectivity index (χ0n) is 9.98. The van der Waals surface area contributed by atoms with Gasteiger partial charge in [-0.05, 0) is 58.7 Å². The molecular formula is C14H10BrFO3. The molecule has 0 aliphatic heterocycles. The van der Waals surface area contributed by atoms with Crippen LogP contribution in [-0.4, -0.2) is 11.1 Å². The van der Waals surface area contributed by atoms with Gasteiger partial charge in [-0.1, -0.05) is 6.07 Å². The lowest BCUT2D eigenvalue weighted by Gasteiger charge is -2.11. The van der Waals surface area contributed by atoms with E-state index in [-0.39, 0.29) is 17.1 Å². The molecule has 0 bridgehead atoms. The average Bonchev–Trinajstić information content (AvgIpc) is 2.32. The van der Waals surface area contributed by atoms with E-state index in [1.807, 2.05) is 0 Å². The Kier molecular flexibility index (Phi) is 3.85. The van der Waals surface area contributed by atoms with Gasteiger partial charge < -0.3 is 9.84 Å². The second-order valence-electron chi connectivity index (χ2n) is 3.93. The molecule has 98 valence electrons. The monoisotopic (exact) mass is 324 g/mol. The lowest BCUT2D eigenvalue weighted by Crippen LogP contribution is -2.01. The summed E-state index contributed by atoms with van der Waals surface area (Å²) in [6, 6.07) is 8.90. The minimum atomic E-state index is -1.10. The van der Waals surface area contributed by atoms with E-state index in [1.165, 1.54) is 18.2 Å². The molecular weight excluding hydrogens is 315 g/mol. The molecule has 0 saturated heterocycles. The largest absolute Gasteiger partial charge is 0.478 e. The van der Waals surface area contributed by atoms with Crippen LogP contribution in [0.15, 0.2) is 40.9 Å². The predicted molar refractivity (Wildman–Crippen MR) is 72.3 cm³/mol. The van der Waals surface area contributed by atoms with Crippen LogP contribution < -0.4 is 4.74 Å². The van der Waals surface area contributed by atoms with Gasteiger partial charge in [0.05, 0.1) is 0 Å². The van der Waals surface area contributed by atoms with Crippen LogP contribution >= 0.6 is 15.9 Å². The van der Waals surface area contributed by atoms with Gasteiger partial charge in [0.2, 0.25) is 0 Å². The number of halogens is 2. The van der Waals surface area contributed by atoms with Crippen LogP contribution in [0, 0.1) is 12.7 Å². The minimum absolute atomic E-state index is 0.0335. The summed E-state index contributed by atoms with van der Waals surface area (Å²) in [6.45, 7) is 1.69. The summed E-state index contributed by atoms with van der Waals surface area (Å²) < 4.78 is 19.0. The molecule has 0 atom stereocenters. The smallest absolute Gasteiger partial charge is 0.340 e. The molecule has 5 heteroatoms. The summed E-state index contributed by atoms with van der Waals surface area (Å²) in [6.07, 6.45) is 0. The van der Waals surface area contributed by atoms with Gasteiger partial charge in [0.25, 0.3) is 0 Å². The maximum Gasteiger partial charge on any atom is 0.340 e. The summed E-state index contributed by atoms with van der Waals surface area (Å²) in [7, 11) is 0. The Labute approximate surface area is 117 Å². The van der Waals surface area contributed by atoms with Crippen molar-refractivity contribution in [2.45, 2.75) is 6.92 Å². The quantitative estimate of drug-likeness (QED) is 0.910. The van der Waals surface area contributed by atoms with Crippen molar-refractivity contribution in [2.75, 3.05) is 0 Å². The highest BCUT2D eigenvalue weighted by molar-refractivity contribution is 9.10. The number of aromatic carboxylic acids is 1. The number of hydrogen-bond donors (Lipinski definition) is 1. The van der Waals surface area contributed by atoms with E-state index < -0.39 is 5.97 Å². The van der Waals surface area contributed by atoms with Crippen LogP contribution in [0.4, 0.5) is 4.39 Å². The van der Waals surface area contributed by atoms with Gasteiger partial charge >= 0.3 is 5.97 Å². The van der Waals surface area contributed by atoms with Crippen molar-refractivity contribution in [2.24, 2.45) is 0 Å². The summed E-state index contributed by atoms with van der Waals surface area (Å²) in [5.41, 5.74) is 0.627. The molecule has 0 heterocycles. The lowest BCUT2D eigenvalue weighted by molar-refractivity contribution is 0.0693. The molecule has 0 saturated carbocycles. The highest BCUT2D eigenvalue weighted by Gasteiger charge is 2.16. The molecule has 0 aliphatic rings. The molecule has 0 unspecified atom stereocenters. The van der Waals surface area contributed by atoms with E-state index >= 15 is 0 Å². The normalized spacial score (nSPS) is 10.3. The van der Waals surface area contributed by atoms with Crippen LogP contribution in [0.2, 0.25) is 0 Å². The summed E-state index contributed by atoms with van der Waals surface area (Å²) in [5.74, 6) is -0.835. The number of rotatable bonds is 3. The zero-order chi connectivity index (χ0) is 14.0. The first-order valence-electron chi connectivity index (χ1n) is 5.45. The Hall–Kier alpha value is -1.88. The first-order valence-corrected chi connectivity index (χ1v) is 6.24. The third-order valence-corrected chi connectivity index (χ3v) is 3.21. The molecule has 2 aromatic rings.